The van der Waals surface area contributed by atoms with Crippen LogP contribution in [0.25, 0.3) is 0 Å². The second kappa shape index (κ2) is 14.1. The lowest BCUT2D eigenvalue weighted by Crippen LogP contribution is -2.65. The third kappa shape index (κ3) is 5.98. The molecule has 13 heteroatoms. The molecule has 4 saturated heterocycles. The van der Waals surface area contributed by atoms with Gasteiger partial charge in [-0.3, -0.25) is 0 Å². The first-order valence-electron chi connectivity index (χ1n) is 20.3. The predicted molar refractivity (Wildman–Crippen MR) is 183 cm³/mol. The summed E-state index contributed by atoms with van der Waals surface area (Å²) in [5.74, 6) is 3.63. The van der Waals surface area contributed by atoms with Gasteiger partial charge >= 0.3 is 0 Å². The Labute approximate surface area is 307 Å². The molecule has 4 aliphatic carbocycles. The van der Waals surface area contributed by atoms with Gasteiger partial charge < -0.3 is 64.2 Å². The molecule has 0 aromatic carbocycles. The van der Waals surface area contributed by atoms with Gasteiger partial charge in [-0.15, -0.1) is 0 Å². The molecule has 0 aromatic heterocycles. The van der Waals surface area contributed by atoms with Crippen LogP contribution < -0.4 is 0 Å². The number of hydrogen-bond donors (Lipinski definition) is 7. The number of rotatable bonds is 6. The van der Waals surface area contributed by atoms with Gasteiger partial charge in [0.2, 0.25) is 0 Å². The molecule has 13 nitrogen and oxygen atoms in total. The van der Waals surface area contributed by atoms with Gasteiger partial charge in [0, 0.05) is 12.3 Å². The van der Waals surface area contributed by atoms with Crippen molar-refractivity contribution >= 4 is 0 Å². The summed E-state index contributed by atoms with van der Waals surface area (Å²) < 4.78 is 37.0. The fourth-order valence-electron chi connectivity index (χ4n) is 13.2. The van der Waals surface area contributed by atoms with Crippen LogP contribution in [0.4, 0.5) is 0 Å². The van der Waals surface area contributed by atoms with Crippen molar-refractivity contribution in [2.24, 2.45) is 52.3 Å². The van der Waals surface area contributed by atoms with Gasteiger partial charge in [0.25, 0.3) is 0 Å². The van der Waals surface area contributed by atoms with Gasteiger partial charge in [-0.1, -0.05) is 27.7 Å². The molecule has 0 amide bonds. The lowest BCUT2D eigenvalue weighted by Gasteiger charge is -2.61. The van der Waals surface area contributed by atoms with Crippen molar-refractivity contribution in [2.75, 3.05) is 19.8 Å². The molecule has 4 heterocycles. The van der Waals surface area contributed by atoms with E-state index in [9.17, 15) is 35.7 Å². The summed E-state index contributed by atoms with van der Waals surface area (Å²) in [6.45, 7) is 9.33. The highest BCUT2D eigenvalue weighted by Gasteiger charge is 2.69. The van der Waals surface area contributed by atoms with Gasteiger partial charge in [-0.2, -0.15) is 0 Å². The van der Waals surface area contributed by atoms with Crippen LogP contribution in [0.15, 0.2) is 0 Å². The van der Waals surface area contributed by atoms with Gasteiger partial charge in [0.05, 0.1) is 32.0 Å². The summed E-state index contributed by atoms with van der Waals surface area (Å²) >= 11 is 0. The highest BCUT2D eigenvalue weighted by Crippen LogP contribution is 2.71. The molecule has 52 heavy (non-hydrogen) atoms. The highest BCUT2D eigenvalue weighted by molar-refractivity contribution is 5.15. The molecule has 16 unspecified atom stereocenters. The van der Waals surface area contributed by atoms with Gasteiger partial charge in [-0.25, -0.2) is 0 Å². The zero-order chi connectivity index (χ0) is 36.9. The summed E-state index contributed by atoms with van der Waals surface area (Å²) in [6, 6.07) is 0. The van der Waals surface area contributed by atoms with Crippen LogP contribution in [-0.4, -0.2) is 135 Å². The summed E-state index contributed by atoms with van der Waals surface area (Å²) in [5, 5.41) is 72.8. The zero-order valence-corrected chi connectivity index (χ0v) is 31.2. The molecule has 8 rings (SSSR count). The third-order valence-corrected chi connectivity index (χ3v) is 16.2. The van der Waals surface area contributed by atoms with Crippen LogP contribution >= 0.6 is 0 Å². The van der Waals surface area contributed by atoms with Crippen LogP contribution in [0.1, 0.15) is 91.9 Å². The van der Waals surface area contributed by atoms with E-state index in [0.29, 0.717) is 41.4 Å². The molecule has 0 aromatic rings. The average Bonchev–Trinajstić information content (AvgIpc) is 3.58. The molecule has 0 bridgehead atoms. The fraction of sp³-hybridized carbons (Fsp3) is 1.00. The SMILES string of the molecule is CC1CC[C@@]2(OC1)OC1C[C@H]3[C@@H]4CC[C@H]5CC(OC6OC(CO)C(OC7OC(CO)C(O)C(O)C7O)C(O)C6O)CCC5(C)[C@H]4CCC3(C)C1[C@@H]2C. The Morgan fingerprint density at radius 2 is 1.37 bits per heavy atom. The monoisotopic (exact) mass is 740 g/mol. The largest absolute Gasteiger partial charge is 0.394 e. The number of aliphatic hydroxyl groups excluding tert-OH is 7. The van der Waals surface area contributed by atoms with Crippen molar-refractivity contribution in [1.82, 2.24) is 0 Å². The first-order chi connectivity index (χ1) is 24.7. The minimum Gasteiger partial charge on any atom is -0.394 e. The van der Waals surface area contributed by atoms with Crippen LogP contribution in [0.5, 0.6) is 0 Å². The van der Waals surface area contributed by atoms with Crippen LogP contribution in [-0.2, 0) is 28.4 Å². The molecule has 298 valence electrons. The molecular weight excluding hydrogens is 676 g/mol. The topological polar surface area (TPSA) is 197 Å². The second-order valence-electron chi connectivity index (χ2n) is 18.7. The smallest absolute Gasteiger partial charge is 0.187 e. The van der Waals surface area contributed by atoms with Crippen molar-refractivity contribution in [2.45, 2.75) is 171 Å². The van der Waals surface area contributed by atoms with E-state index in [1.165, 1.54) is 25.7 Å². The first kappa shape index (κ1) is 38.4. The third-order valence-electron chi connectivity index (χ3n) is 16.2. The molecular formula is C39H64O13. The van der Waals surface area contributed by atoms with Crippen LogP contribution in [0.3, 0.4) is 0 Å². The van der Waals surface area contributed by atoms with E-state index < -0.39 is 80.4 Å². The molecule has 1 spiro atoms. The van der Waals surface area contributed by atoms with E-state index >= 15 is 0 Å². The lowest BCUT2D eigenvalue weighted by atomic mass is 9.44. The summed E-state index contributed by atoms with van der Waals surface area (Å²) in [4.78, 5) is 0. The Bertz CT molecular complexity index is 1260. The molecule has 4 aliphatic heterocycles. The Balaban J connectivity index is 0.892. The second-order valence-corrected chi connectivity index (χ2v) is 18.7. The van der Waals surface area contributed by atoms with E-state index in [4.69, 9.17) is 28.4 Å². The van der Waals surface area contributed by atoms with E-state index in [-0.39, 0.29) is 23.0 Å². The Kier molecular flexibility index (Phi) is 10.4. The summed E-state index contributed by atoms with van der Waals surface area (Å²) in [7, 11) is 0. The van der Waals surface area contributed by atoms with E-state index in [1.54, 1.807) is 0 Å². The van der Waals surface area contributed by atoms with Crippen LogP contribution in [0, 0.1) is 52.3 Å². The standard InChI is InChI=1S/C39H64O13/c1-18-7-12-39(47-17-18)19(2)28-25(52-39)14-24-22-6-5-20-13-21(8-10-37(20,3)23(22)9-11-38(24,28)4)48-35-33(46)31(44)34(27(16-41)50-35)51-36-32(45)30(43)29(42)26(15-40)49-36/h18-36,40-46H,5-17H2,1-4H3/t18?,19-,20-,21?,22+,23-,24-,25?,26?,27?,28?,29?,30?,31?,32?,33?,34?,35?,36?,37?,38?,39+/m0/s1. The fourth-order valence-corrected chi connectivity index (χ4v) is 13.2. The Morgan fingerprint density at radius 1 is 0.673 bits per heavy atom. The normalized spacial score (nSPS) is 59.0. The molecule has 8 aliphatic rings. The van der Waals surface area contributed by atoms with Gasteiger partial charge in [-0.05, 0) is 104 Å². The van der Waals surface area contributed by atoms with E-state index in [2.05, 4.69) is 27.7 Å². The molecule has 4 saturated carbocycles. The molecule has 7 N–H and O–H groups in total. The number of aliphatic hydroxyl groups is 7. The average molecular weight is 741 g/mol. The van der Waals surface area contributed by atoms with E-state index in [1.807, 2.05) is 0 Å². The van der Waals surface area contributed by atoms with E-state index in [0.717, 1.165) is 45.1 Å². The predicted octanol–water partition coefficient (Wildman–Crippen LogP) is 1.44. The van der Waals surface area contributed by atoms with Gasteiger partial charge in [0.15, 0.2) is 18.4 Å². The molecule has 8 fully saturated rings. The Hall–Kier alpha value is -0.520. The van der Waals surface area contributed by atoms with Crippen molar-refractivity contribution in [3.05, 3.63) is 0 Å². The maximum atomic E-state index is 11.2. The van der Waals surface area contributed by atoms with Crippen molar-refractivity contribution in [3.63, 3.8) is 0 Å². The number of fused-ring (bicyclic) bond motifs is 7. The quantitative estimate of drug-likeness (QED) is 0.194. The summed E-state index contributed by atoms with van der Waals surface area (Å²) in [6.07, 6.45) is -3.66. The first-order valence-corrected chi connectivity index (χ1v) is 20.3. The Morgan fingerprint density at radius 3 is 2.08 bits per heavy atom. The van der Waals surface area contributed by atoms with Crippen LogP contribution in [0.2, 0.25) is 0 Å². The number of ether oxygens (including phenoxy) is 6. The van der Waals surface area contributed by atoms with Gasteiger partial charge in [0.1, 0.15) is 48.8 Å². The van der Waals surface area contributed by atoms with Crippen molar-refractivity contribution < 1.29 is 64.2 Å². The minimum atomic E-state index is -1.71. The maximum absolute atomic E-state index is 11.2. The van der Waals surface area contributed by atoms with Crippen molar-refractivity contribution in [3.8, 4) is 0 Å². The maximum Gasteiger partial charge on any atom is 0.187 e. The van der Waals surface area contributed by atoms with Crippen molar-refractivity contribution in [1.29, 1.82) is 0 Å². The zero-order valence-electron chi connectivity index (χ0n) is 31.2. The minimum absolute atomic E-state index is 0.188. The summed E-state index contributed by atoms with van der Waals surface area (Å²) in [5.41, 5.74) is 0.468. The molecule has 22 atom stereocenters. The molecule has 0 radical (unpaired) electrons. The number of hydrogen-bond acceptors (Lipinski definition) is 13. The lowest BCUT2D eigenvalue weighted by molar-refractivity contribution is -0.364. The highest BCUT2D eigenvalue weighted by atomic mass is 16.7.